The van der Waals surface area contributed by atoms with Crippen molar-refractivity contribution in [1.29, 1.82) is 0 Å². The van der Waals surface area contributed by atoms with E-state index in [9.17, 15) is 4.79 Å². The van der Waals surface area contributed by atoms with Crippen molar-refractivity contribution >= 4 is 16.3 Å². The summed E-state index contributed by atoms with van der Waals surface area (Å²) in [5, 5.41) is 0. The van der Waals surface area contributed by atoms with Crippen molar-refractivity contribution in [2.45, 2.75) is 96.8 Å². The van der Waals surface area contributed by atoms with E-state index in [1.165, 1.54) is 0 Å². The zero-order valence-corrected chi connectivity index (χ0v) is 33.5. The van der Waals surface area contributed by atoms with Gasteiger partial charge in [0.15, 0.2) is 0 Å². The molecule has 0 radical (unpaired) electrons. The molecule has 0 aliphatic rings. The third-order valence-electron chi connectivity index (χ3n) is 7.25. The first-order chi connectivity index (χ1) is 25.3. The van der Waals surface area contributed by atoms with Crippen LogP contribution >= 0.6 is 10.3 Å². The standard InChI is InChI=1S/C40H58O11S/c1-11-21-37(41)51-52(38-31(45-15-5)22-28(42-12-2)23-32(38)46-16-6,39-33(47-17-7)24-29(43-13-3)25-34(39)48-18-8)40-35(49-19-9)26-30(44-14-4)27-36(40)50-20-10/h22-27H,11-21H2,1-10H3. The first kappa shape index (κ1) is 42.1. The van der Waals surface area contributed by atoms with Crippen LogP contribution in [0.25, 0.3) is 0 Å². The zero-order chi connectivity index (χ0) is 38.1. The maximum atomic E-state index is 14.4. The fraction of sp³-hybridized carbons (Fsp3) is 0.525. The molecule has 0 aromatic heterocycles. The van der Waals surface area contributed by atoms with E-state index in [1.54, 1.807) is 36.4 Å². The van der Waals surface area contributed by atoms with Crippen molar-refractivity contribution in [3.05, 3.63) is 36.4 Å². The van der Waals surface area contributed by atoms with E-state index in [0.717, 1.165) is 0 Å². The average Bonchev–Trinajstić information content (AvgIpc) is 3.09. The molecule has 3 aromatic rings. The van der Waals surface area contributed by atoms with E-state index in [-0.39, 0.29) is 46.1 Å². The Kier molecular flexibility index (Phi) is 17.2. The normalized spacial score (nSPS) is 11.3. The predicted molar refractivity (Wildman–Crippen MR) is 203 cm³/mol. The minimum absolute atomic E-state index is 0.121. The Bertz CT molecular complexity index is 1330. The molecular weight excluding hydrogens is 688 g/mol. The second-order valence-corrected chi connectivity index (χ2v) is 13.4. The lowest BCUT2D eigenvalue weighted by Crippen LogP contribution is -2.20. The third-order valence-corrected chi connectivity index (χ3v) is 10.6. The molecule has 12 heteroatoms. The van der Waals surface area contributed by atoms with Crippen LogP contribution in [0, 0.1) is 0 Å². The van der Waals surface area contributed by atoms with Gasteiger partial charge in [-0.3, -0.25) is 4.79 Å². The Morgan fingerprint density at radius 3 is 0.827 bits per heavy atom. The Labute approximate surface area is 311 Å². The molecule has 0 atom stereocenters. The second-order valence-electron chi connectivity index (χ2n) is 10.9. The molecule has 0 spiro atoms. The molecule has 0 saturated carbocycles. The topological polar surface area (TPSA) is 109 Å². The average molecular weight is 747 g/mol. The molecule has 0 amide bonds. The summed E-state index contributed by atoms with van der Waals surface area (Å²) in [5.74, 6) is 3.40. The van der Waals surface area contributed by atoms with Gasteiger partial charge in [-0.2, -0.15) is 0 Å². The number of rotatable bonds is 24. The maximum absolute atomic E-state index is 14.4. The van der Waals surface area contributed by atoms with Crippen molar-refractivity contribution in [1.82, 2.24) is 0 Å². The van der Waals surface area contributed by atoms with Crippen LogP contribution in [0.3, 0.4) is 0 Å². The number of carbonyl (C=O) groups is 1. The van der Waals surface area contributed by atoms with E-state index >= 15 is 0 Å². The van der Waals surface area contributed by atoms with Crippen molar-refractivity contribution in [3.63, 3.8) is 0 Å². The Morgan fingerprint density at radius 1 is 0.404 bits per heavy atom. The van der Waals surface area contributed by atoms with Crippen LogP contribution in [0.2, 0.25) is 0 Å². The van der Waals surface area contributed by atoms with Crippen molar-refractivity contribution in [2.24, 2.45) is 0 Å². The quantitative estimate of drug-likeness (QED) is 0.0874. The highest BCUT2D eigenvalue weighted by atomic mass is 32.3. The largest absolute Gasteiger partial charge is 0.494 e. The molecule has 0 unspecified atom stereocenters. The molecule has 3 rings (SSSR count). The molecule has 3 aromatic carbocycles. The molecule has 11 nitrogen and oxygen atoms in total. The summed E-state index contributed by atoms with van der Waals surface area (Å²) in [7, 11) is -3.43. The Hall–Kier alpha value is -4.32. The van der Waals surface area contributed by atoms with E-state index < -0.39 is 16.3 Å². The summed E-state index contributed by atoms with van der Waals surface area (Å²) in [5.41, 5.74) is 0. The number of hydrogen-bond acceptors (Lipinski definition) is 11. The van der Waals surface area contributed by atoms with Crippen LogP contribution < -0.4 is 42.6 Å². The van der Waals surface area contributed by atoms with Crippen molar-refractivity contribution < 1.29 is 51.6 Å². The lowest BCUT2D eigenvalue weighted by molar-refractivity contribution is -0.133. The summed E-state index contributed by atoms with van der Waals surface area (Å²) in [6.45, 7) is 21.9. The SMILES string of the molecule is CCCC(=O)OS(c1c(OCC)cc(OCC)cc1OCC)(c1c(OCC)cc(OCC)cc1OCC)c1c(OCC)cc(OCC)cc1OCC. The molecule has 0 saturated heterocycles. The lowest BCUT2D eigenvalue weighted by atomic mass is 10.3. The van der Waals surface area contributed by atoms with Gasteiger partial charge in [0.05, 0.1) is 59.5 Å². The van der Waals surface area contributed by atoms with Gasteiger partial charge in [0.2, 0.25) is 0 Å². The lowest BCUT2D eigenvalue weighted by Gasteiger charge is -2.43. The molecule has 0 aliphatic carbocycles. The van der Waals surface area contributed by atoms with Gasteiger partial charge in [-0.25, -0.2) is 0 Å². The minimum Gasteiger partial charge on any atom is -0.494 e. The highest BCUT2D eigenvalue weighted by molar-refractivity contribution is 8.30. The van der Waals surface area contributed by atoms with Crippen LogP contribution in [-0.4, -0.2) is 65.4 Å². The minimum atomic E-state index is -3.43. The Morgan fingerprint density at radius 2 is 0.635 bits per heavy atom. The number of hydrogen-bond donors (Lipinski definition) is 0. The molecule has 0 fully saturated rings. The Balaban J connectivity index is 2.91. The summed E-state index contributed by atoms with van der Waals surface area (Å²) in [6.07, 6.45) is 0.656. The van der Waals surface area contributed by atoms with Crippen molar-refractivity contribution in [3.8, 4) is 51.7 Å². The summed E-state index contributed by atoms with van der Waals surface area (Å²) >= 11 is 0. The maximum Gasteiger partial charge on any atom is 0.317 e. The number of ether oxygens (including phenoxy) is 9. The smallest absolute Gasteiger partial charge is 0.317 e. The highest BCUT2D eigenvalue weighted by Gasteiger charge is 2.50. The van der Waals surface area contributed by atoms with Crippen LogP contribution in [0.1, 0.15) is 82.1 Å². The molecule has 52 heavy (non-hydrogen) atoms. The van der Waals surface area contributed by atoms with Gasteiger partial charge in [-0.05, 0) is 68.7 Å². The fourth-order valence-electron chi connectivity index (χ4n) is 5.65. The van der Waals surface area contributed by atoms with Gasteiger partial charge in [-0.15, -0.1) is 0 Å². The van der Waals surface area contributed by atoms with Crippen LogP contribution in [-0.2, 0) is 8.98 Å². The fourth-order valence-corrected chi connectivity index (χ4v) is 9.28. The third kappa shape index (κ3) is 9.76. The monoisotopic (exact) mass is 746 g/mol. The number of benzene rings is 3. The first-order valence-corrected chi connectivity index (χ1v) is 20.1. The van der Waals surface area contributed by atoms with Gasteiger partial charge >= 0.3 is 5.97 Å². The van der Waals surface area contributed by atoms with Crippen LogP contribution in [0.5, 0.6) is 51.7 Å². The molecule has 0 aliphatic heterocycles. The molecular formula is C40H58O11S. The van der Waals surface area contributed by atoms with E-state index in [4.69, 9.17) is 46.8 Å². The molecule has 0 bridgehead atoms. The molecule has 0 N–H and O–H groups in total. The van der Waals surface area contributed by atoms with E-state index in [2.05, 4.69) is 0 Å². The second kappa shape index (κ2) is 21.3. The van der Waals surface area contributed by atoms with Gasteiger partial charge < -0.3 is 46.8 Å². The first-order valence-electron chi connectivity index (χ1n) is 18.5. The van der Waals surface area contributed by atoms with Gasteiger partial charge in [-0.1, -0.05) is 6.92 Å². The van der Waals surface area contributed by atoms with Crippen molar-refractivity contribution in [2.75, 3.05) is 59.5 Å². The summed E-state index contributed by atoms with van der Waals surface area (Å²) in [4.78, 5) is 15.7. The molecule has 0 heterocycles. The predicted octanol–water partition coefficient (Wildman–Crippen LogP) is 9.81. The zero-order valence-electron chi connectivity index (χ0n) is 32.6. The highest BCUT2D eigenvalue weighted by Crippen LogP contribution is 2.80. The van der Waals surface area contributed by atoms with Gasteiger partial charge in [0.25, 0.3) is 0 Å². The summed E-state index contributed by atoms with van der Waals surface area (Å²) in [6, 6.07) is 10.8. The van der Waals surface area contributed by atoms with E-state index in [0.29, 0.717) is 92.7 Å². The molecule has 290 valence electrons. The number of carbonyl (C=O) groups excluding carboxylic acids is 1. The summed E-state index contributed by atoms with van der Waals surface area (Å²) < 4.78 is 64.1. The van der Waals surface area contributed by atoms with E-state index in [1.807, 2.05) is 69.2 Å². The van der Waals surface area contributed by atoms with Gasteiger partial charge in [0, 0.05) is 53.1 Å². The van der Waals surface area contributed by atoms with Crippen LogP contribution in [0.15, 0.2) is 51.1 Å². The van der Waals surface area contributed by atoms with Gasteiger partial charge in [0.1, 0.15) is 66.4 Å². The van der Waals surface area contributed by atoms with Crippen LogP contribution in [0.4, 0.5) is 0 Å².